The number of carbonyl (C=O) groups excluding carboxylic acids is 2. The van der Waals surface area contributed by atoms with Crippen LogP contribution in [0.1, 0.15) is 43.4 Å². The molecule has 1 aliphatic rings. The minimum atomic E-state index is -1.10. The van der Waals surface area contributed by atoms with E-state index in [0.717, 1.165) is 41.8 Å². The molecule has 0 saturated carbocycles. The fourth-order valence-electron chi connectivity index (χ4n) is 3.88. The number of allylic oxidation sites excluding steroid dienone is 1. The molecule has 0 aromatic heterocycles. The SMILES string of the molecule is CCCCC1=Cc2ccccc2C(C(C(=O)OC)C(=O)OC)N1c1ccccc1. The van der Waals surface area contributed by atoms with E-state index in [0.29, 0.717) is 0 Å². The van der Waals surface area contributed by atoms with Crippen molar-refractivity contribution < 1.29 is 19.1 Å². The van der Waals surface area contributed by atoms with Crippen LogP contribution in [0.25, 0.3) is 6.08 Å². The van der Waals surface area contributed by atoms with Gasteiger partial charge >= 0.3 is 11.9 Å². The quantitative estimate of drug-likeness (QED) is 0.502. The van der Waals surface area contributed by atoms with Crippen LogP contribution in [0.3, 0.4) is 0 Å². The Hall–Kier alpha value is -3.08. The standard InChI is InChI=1S/C24H27NO4/c1-4-5-12-19-16-17-11-9-10-15-20(17)22(21(23(26)28-2)24(27)29-3)25(19)18-13-7-6-8-14-18/h6-11,13-16,21-22H,4-5,12H2,1-3H3. The number of benzene rings is 2. The Morgan fingerprint density at radius 2 is 1.59 bits per heavy atom. The summed E-state index contributed by atoms with van der Waals surface area (Å²) in [5.74, 6) is -2.31. The second-order valence-electron chi connectivity index (χ2n) is 7.04. The highest BCUT2D eigenvalue weighted by molar-refractivity contribution is 5.97. The number of nitrogens with zero attached hydrogens (tertiary/aromatic N) is 1. The van der Waals surface area contributed by atoms with Gasteiger partial charge < -0.3 is 14.4 Å². The zero-order valence-corrected chi connectivity index (χ0v) is 17.1. The van der Waals surface area contributed by atoms with Gasteiger partial charge in [-0.05, 0) is 42.2 Å². The van der Waals surface area contributed by atoms with Crippen LogP contribution in [0.15, 0.2) is 60.3 Å². The summed E-state index contributed by atoms with van der Waals surface area (Å²) < 4.78 is 10.0. The van der Waals surface area contributed by atoms with E-state index < -0.39 is 23.9 Å². The van der Waals surface area contributed by atoms with Crippen molar-refractivity contribution in [3.05, 3.63) is 71.4 Å². The Balaban J connectivity index is 2.23. The smallest absolute Gasteiger partial charge is 0.322 e. The number of hydrogen-bond acceptors (Lipinski definition) is 5. The molecule has 2 aromatic rings. The molecule has 0 bridgehead atoms. The molecule has 1 unspecified atom stereocenters. The second kappa shape index (κ2) is 9.41. The molecule has 0 radical (unpaired) electrons. The summed E-state index contributed by atoms with van der Waals surface area (Å²) in [5.41, 5.74) is 3.90. The first-order valence-corrected chi connectivity index (χ1v) is 9.91. The molecule has 5 heteroatoms. The number of esters is 2. The Morgan fingerprint density at radius 3 is 2.21 bits per heavy atom. The molecular formula is C24H27NO4. The molecule has 0 saturated heterocycles. The minimum Gasteiger partial charge on any atom is -0.468 e. The number of fused-ring (bicyclic) bond motifs is 1. The molecule has 1 atom stereocenters. The number of anilines is 1. The van der Waals surface area contributed by atoms with Crippen LogP contribution in [0.5, 0.6) is 0 Å². The van der Waals surface area contributed by atoms with Crippen molar-refractivity contribution in [3.63, 3.8) is 0 Å². The molecule has 1 aliphatic heterocycles. The van der Waals surface area contributed by atoms with Crippen LogP contribution in [-0.2, 0) is 19.1 Å². The van der Waals surface area contributed by atoms with E-state index in [9.17, 15) is 9.59 Å². The molecule has 29 heavy (non-hydrogen) atoms. The molecule has 2 aromatic carbocycles. The van der Waals surface area contributed by atoms with Gasteiger partial charge in [-0.1, -0.05) is 55.8 Å². The lowest BCUT2D eigenvalue weighted by Crippen LogP contribution is -2.43. The topological polar surface area (TPSA) is 55.8 Å². The number of methoxy groups -OCH3 is 2. The van der Waals surface area contributed by atoms with E-state index in [4.69, 9.17) is 9.47 Å². The summed E-state index contributed by atoms with van der Waals surface area (Å²) in [5, 5.41) is 0. The van der Waals surface area contributed by atoms with E-state index in [-0.39, 0.29) is 0 Å². The van der Waals surface area contributed by atoms with Crippen LogP contribution in [0.4, 0.5) is 5.69 Å². The lowest BCUT2D eigenvalue weighted by atomic mass is 9.84. The number of hydrogen-bond donors (Lipinski definition) is 0. The first kappa shape index (κ1) is 20.6. The van der Waals surface area contributed by atoms with Crippen molar-refractivity contribution in [1.29, 1.82) is 0 Å². The fraction of sp³-hybridized carbons (Fsp3) is 0.333. The highest BCUT2D eigenvalue weighted by Gasteiger charge is 2.44. The molecule has 5 nitrogen and oxygen atoms in total. The average molecular weight is 393 g/mol. The average Bonchev–Trinajstić information content (AvgIpc) is 2.77. The van der Waals surface area contributed by atoms with Crippen molar-refractivity contribution in [2.45, 2.75) is 32.2 Å². The zero-order valence-electron chi connectivity index (χ0n) is 17.1. The Bertz CT molecular complexity index is 875. The highest BCUT2D eigenvalue weighted by Crippen LogP contribution is 2.44. The van der Waals surface area contributed by atoms with Gasteiger partial charge in [-0.3, -0.25) is 9.59 Å². The van der Waals surface area contributed by atoms with Crippen LogP contribution < -0.4 is 4.90 Å². The number of para-hydroxylation sites is 1. The van der Waals surface area contributed by atoms with Gasteiger partial charge in [0.15, 0.2) is 5.92 Å². The molecule has 0 aliphatic carbocycles. The summed E-state index contributed by atoms with van der Waals surface area (Å²) in [6.45, 7) is 2.15. The van der Waals surface area contributed by atoms with Crippen LogP contribution in [-0.4, -0.2) is 26.2 Å². The van der Waals surface area contributed by atoms with Gasteiger partial charge in [0.1, 0.15) is 0 Å². The normalized spacial score (nSPS) is 15.5. The van der Waals surface area contributed by atoms with E-state index in [1.807, 2.05) is 54.6 Å². The van der Waals surface area contributed by atoms with Gasteiger partial charge in [-0.15, -0.1) is 0 Å². The van der Waals surface area contributed by atoms with Gasteiger partial charge in [0, 0.05) is 11.4 Å². The molecule has 3 rings (SSSR count). The second-order valence-corrected chi connectivity index (χ2v) is 7.04. The molecule has 1 heterocycles. The van der Waals surface area contributed by atoms with Gasteiger partial charge in [0.25, 0.3) is 0 Å². The Kier molecular flexibility index (Phi) is 6.70. The molecule has 0 fully saturated rings. The number of ether oxygens (including phenoxy) is 2. The van der Waals surface area contributed by atoms with Crippen molar-refractivity contribution in [2.75, 3.05) is 19.1 Å². The molecular weight excluding hydrogens is 366 g/mol. The lowest BCUT2D eigenvalue weighted by Gasteiger charge is -2.41. The summed E-state index contributed by atoms with van der Waals surface area (Å²) in [4.78, 5) is 27.6. The number of rotatable bonds is 7. The van der Waals surface area contributed by atoms with Crippen molar-refractivity contribution in [3.8, 4) is 0 Å². The van der Waals surface area contributed by atoms with Crippen molar-refractivity contribution >= 4 is 23.7 Å². The van der Waals surface area contributed by atoms with Gasteiger partial charge in [-0.25, -0.2) is 0 Å². The third-order valence-electron chi connectivity index (χ3n) is 5.27. The third kappa shape index (κ3) is 4.19. The van der Waals surface area contributed by atoms with Gasteiger partial charge in [-0.2, -0.15) is 0 Å². The van der Waals surface area contributed by atoms with Crippen LogP contribution >= 0.6 is 0 Å². The van der Waals surface area contributed by atoms with E-state index in [2.05, 4.69) is 17.9 Å². The lowest BCUT2D eigenvalue weighted by molar-refractivity contribution is -0.160. The third-order valence-corrected chi connectivity index (χ3v) is 5.27. The van der Waals surface area contributed by atoms with E-state index in [1.165, 1.54) is 14.2 Å². The first-order valence-electron chi connectivity index (χ1n) is 9.91. The van der Waals surface area contributed by atoms with E-state index in [1.54, 1.807) is 0 Å². The largest absolute Gasteiger partial charge is 0.468 e. The van der Waals surface area contributed by atoms with Crippen molar-refractivity contribution in [1.82, 2.24) is 0 Å². The van der Waals surface area contributed by atoms with E-state index >= 15 is 0 Å². The predicted molar refractivity (Wildman–Crippen MR) is 113 cm³/mol. The molecule has 152 valence electrons. The van der Waals surface area contributed by atoms with Crippen molar-refractivity contribution in [2.24, 2.45) is 5.92 Å². The number of carbonyl (C=O) groups is 2. The summed E-state index contributed by atoms with van der Waals surface area (Å²) >= 11 is 0. The van der Waals surface area contributed by atoms with Gasteiger partial charge in [0.2, 0.25) is 0 Å². The molecule has 0 N–H and O–H groups in total. The first-order chi connectivity index (χ1) is 14.1. The molecule has 0 spiro atoms. The molecule has 0 amide bonds. The van der Waals surface area contributed by atoms with Crippen LogP contribution in [0.2, 0.25) is 0 Å². The summed E-state index contributed by atoms with van der Waals surface area (Å²) in [7, 11) is 2.60. The summed E-state index contributed by atoms with van der Waals surface area (Å²) in [6.07, 6.45) is 5.04. The maximum atomic E-state index is 12.7. The fourth-order valence-corrected chi connectivity index (χ4v) is 3.88. The highest BCUT2D eigenvalue weighted by atomic mass is 16.5. The monoisotopic (exact) mass is 393 g/mol. The Labute approximate surface area is 171 Å². The zero-order chi connectivity index (χ0) is 20.8. The maximum Gasteiger partial charge on any atom is 0.322 e. The predicted octanol–water partition coefficient (Wildman–Crippen LogP) is 4.74. The number of unbranched alkanes of at least 4 members (excludes halogenated alkanes) is 1. The minimum absolute atomic E-state index is 0.551. The van der Waals surface area contributed by atoms with Gasteiger partial charge in [0.05, 0.1) is 20.3 Å². The summed E-state index contributed by atoms with van der Waals surface area (Å²) in [6, 6.07) is 17.2. The Morgan fingerprint density at radius 1 is 0.966 bits per heavy atom. The maximum absolute atomic E-state index is 12.7. The van der Waals surface area contributed by atoms with Crippen LogP contribution in [0, 0.1) is 5.92 Å².